The predicted octanol–water partition coefficient (Wildman–Crippen LogP) is 1.53. The van der Waals surface area contributed by atoms with Crippen molar-refractivity contribution in [1.29, 1.82) is 0 Å². The molecule has 23 heavy (non-hydrogen) atoms. The molecule has 1 amide bonds. The number of anilines is 1. The van der Waals surface area contributed by atoms with Gasteiger partial charge in [-0.1, -0.05) is 36.4 Å². The van der Waals surface area contributed by atoms with Crippen LogP contribution in [0.25, 0.3) is 6.08 Å². The number of carbonyl (C=O) groups excluding carboxylic acids is 1. The number of hydrogen-bond acceptors (Lipinski definition) is 4. The van der Waals surface area contributed by atoms with Gasteiger partial charge < -0.3 is 10.6 Å². The SMILES string of the molecule is Cn1nc(/C=C/Cc2ccccc2)nc1N1CCC[C@H]1C(N)=O. The molecule has 1 aliphatic rings. The maximum atomic E-state index is 11.5. The van der Waals surface area contributed by atoms with Gasteiger partial charge in [-0.3, -0.25) is 4.79 Å². The molecule has 1 atom stereocenters. The first-order valence-electron chi connectivity index (χ1n) is 7.82. The van der Waals surface area contributed by atoms with Crippen LogP contribution in [0.2, 0.25) is 0 Å². The Morgan fingerprint density at radius 2 is 2.17 bits per heavy atom. The molecule has 2 N–H and O–H groups in total. The van der Waals surface area contributed by atoms with Gasteiger partial charge in [-0.25, -0.2) is 4.68 Å². The van der Waals surface area contributed by atoms with Crippen LogP contribution in [-0.4, -0.2) is 33.3 Å². The minimum atomic E-state index is -0.299. The summed E-state index contributed by atoms with van der Waals surface area (Å²) in [6, 6.07) is 9.95. The van der Waals surface area contributed by atoms with Crippen molar-refractivity contribution in [2.24, 2.45) is 12.8 Å². The summed E-state index contributed by atoms with van der Waals surface area (Å²) in [7, 11) is 1.84. The second-order valence-electron chi connectivity index (χ2n) is 5.74. The van der Waals surface area contributed by atoms with Crippen LogP contribution in [0.4, 0.5) is 5.95 Å². The van der Waals surface area contributed by atoms with E-state index in [1.54, 1.807) is 4.68 Å². The summed E-state index contributed by atoms with van der Waals surface area (Å²) in [5.41, 5.74) is 6.72. The topological polar surface area (TPSA) is 77.0 Å². The summed E-state index contributed by atoms with van der Waals surface area (Å²) in [4.78, 5) is 18.0. The van der Waals surface area contributed by atoms with E-state index in [1.165, 1.54) is 5.56 Å². The number of nitrogens with zero attached hydrogens (tertiary/aromatic N) is 4. The molecule has 0 radical (unpaired) electrons. The molecule has 6 nitrogen and oxygen atoms in total. The Kier molecular flexibility index (Phi) is 4.41. The Hall–Kier alpha value is -2.63. The molecule has 0 aliphatic carbocycles. The lowest BCUT2D eigenvalue weighted by molar-refractivity contribution is -0.119. The van der Waals surface area contributed by atoms with Crippen molar-refractivity contribution >= 4 is 17.9 Å². The fourth-order valence-corrected chi connectivity index (χ4v) is 2.93. The summed E-state index contributed by atoms with van der Waals surface area (Å²) >= 11 is 0. The summed E-state index contributed by atoms with van der Waals surface area (Å²) < 4.78 is 1.71. The number of amides is 1. The van der Waals surface area contributed by atoms with Gasteiger partial charge in [0.2, 0.25) is 11.9 Å². The van der Waals surface area contributed by atoms with Gasteiger partial charge in [-0.2, -0.15) is 10.1 Å². The third-order valence-electron chi connectivity index (χ3n) is 4.06. The lowest BCUT2D eigenvalue weighted by Crippen LogP contribution is -2.41. The molecule has 3 rings (SSSR count). The first-order chi connectivity index (χ1) is 11.1. The molecule has 0 saturated carbocycles. The van der Waals surface area contributed by atoms with Crippen molar-refractivity contribution in [1.82, 2.24) is 14.8 Å². The number of rotatable bonds is 5. The Bertz CT molecular complexity index is 707. The molecule has 1 aromatic carbocycles. The van der Waals surface area contributed by atoms with Crippen molar-refractivity contribution in [2.75, 3.05) is 11.4 Å². The largest absolute Gasteiger partial charge is 0.368 e. The second kappa shape index (κ2) is 6.64. The quantitative estimate of drug-likeness (QED) is 0.908. The molecule has 1 saturated heterocycles. The van der Waals surface area contributed by atoms with Crippen LogP contribution in [-0.2, 0) is 18.3 Å². The first kappa shape index (κ1) is 15.3. The predicted molar refractivity (Wildman–Crippen MR) is 89.7 cm³/mol. The molecule has 2 aromatic rings. The smallest absolute Gasteiger partial charge is 0.240 e. The van der Waals surface area contributed by atoms with Gasteiger partial charge in [0.15, 0.2) is 5.82 Å². The zero-order chi connectivity index (χ0) is 16.2. The van der Waals surface area contributed by atoms with Crippen LogP contribution in [0.3, 0.4) is 0 Å². The van der Waals surface area contributed by atoms with E-state index in [1.807, 2.05) is 42.3 Å². The standard InChI is InChI=1S/C17H21N5O/c1-21-17(22-12-6-10-14(22)16(18)23)19-15(20-21)11-5-9-13-7-3-2-4-8-13/h2-5,7-8,11,14H,6,9-10,12H2,1H3,(H2,18,23)/b11-5+/t14-/m0/s1. The van der Waals surface area contributed by atoms with Gasteiger partial charge in [0.25, 0.3) is 0 Å². The van der Waals surface area contributed by atoms with E-state index in [-0.39, 0.29) is 11.9 Å². The van der Waals surface area contributed by atoms with Gasteiger partial charge in [-0.05, 0) is 30.9 Å². The lowest BCUT2D eigenvalue weighted by Gasteiger charge is -2.21. The van der Waals surface area contributed by atoms with Crippen molar-refractivity contribution in [2.45, 2.75) is 25.3 Å². The number of primary amides is 1. The Morgan fingerprint density at radius 3 is 2.91 bits per heavy atom. The highest BCUT2D eigenvalue weighted by molar-refractivity contribution is 5.83. The average Bonchev–Trinajstić information content (AvgIpc) is 3.15. The van der Waals surface area contributed by atoms with Crippen LogP contribution < -0.4 is 10.6 Å². The minimum Gasteiger partial charge on any atom is -0.368 e. The van der Waals surface area contributed by atoms with E-state index < -0.39 is 0 Å². The van der Waals surface area contributed by atoms with Gasteiger partial charge in [0, 0.05) is 13.6 Å². The summed E-state index contributed by atoms with van der Waals surface area (Å²) in [5, 5.41) is 4.41. The third-order valence-corrected chi connectivity index (χ3v) is 4.06. The molecule has 2 heterocycles. The molecule has 0 bridgehead atoms. The molecular weight excluding hydrogens is 290 g/mol. The zero-order valence-electron chi connectivity index (χ0n) is 13.2. The maximum absolute atomic E-state index is 11.5. The lowest BCUT2D eigenvalue weighted by atomic mass is 10.1. The van der Waals surface area contributed by atoms with Crippen LogP contribution in [0.1, 0.15) is 24.2 Å². The molecule has 120 valence electrons. The monoisotopic (exact) mass is 311 g/mol. The van der Waals surface area contributed by atoms with Gasteiger partial charge in [0.05, 0.1) is 0 Å². The van der Waals surface area contributed by atoms with Crippen molar-refractivity contribution in [3.05, 3.63) is 47.8 Å². The molecular formula is C17H21N5O. The summed E-state index contributed by atoms with van der Waals surface area (Å²) in [6.45, 7) is 0.785. The number of aromatic nitrogens is 3. The Labute approximate surface area is 135 Å². The maximum Gasteiger partial charge on any atom is 0.240 e. The average molecular weight is 311 g/mol. The van der Waals surface area contributed by atoms with Crippen LogP contribution in [0.15, 0.2) is 36.4 Å². The normalized spacial score (nSPS) is 18.0. The summed E-state index contributed by atoms with van der Waals surface area (Å²) in [5.74, 6) is 1.05. The van der Waals surface area contributed by atoms with E-state index in [4.69, 9.17) is 5.73 Å². The number of carbonyl (C=O) groups is 1. The highest BCUT2D eigenvalue weighted by Crippen LogP contribution is 2.23. The van der Waals surface area contributed by atoms with Crippen LogP contribution >= 0.6 is 0 Å². The second-order valence-corrected chi connectivity index (χ2v) is 5.74. The Balaban J connectivity index is 1.72. The van der Waals surface area contributed by atoms with E-state index in [9.17, 15) is 4.79 Å². The van der Waals surface area contributed by atoms with Gasteiger partial charge in [0.1, 0.15) is 6.04 Å². The van der Waals surface area contributed by atoms with Gasteiger partial charge >= 0.3 is 0 Å². The van der Waals surface area contributed by atoms with Crippen molar-refractivity contribution in [3.63, 3.8) is 0 Å². The van der Waals surface area contributed by atoms with Crippen LogP contribution in [0.5, 0.6) is 0 Å². The highest BCUT2D eigenvalue weighted by Gasteiger charge is 2.31. The third kappa shape index (κ3) is 3.41. The number of nitrogens with two attached hydrogens (primary N) is 1. The number of aryl methyl sites for hydroxylation is 1. The number of hydrogen-bond donors (Lipinski definition) is 1. The van der Waals surface area contributed by atoms with E-state index in [0.29, 0.717) is 11.8 Å². The van der Waals surface area contributed by atoms with E-state index in [0.717, 1.165) is 25.8 Å². The fourth-order valence-electron chi connectivity index (χ4n) is 2.93. The highest BCUT2D eigenvalue weighted by atomic mass is 16.1. The molecule has 1 aromatic heterocycles. The minimum absolute atomic E-state index is 0.279. The van der Waals surface area contributed by atoms with E-state index in [2.05, 4.69) is 22.2 Å². The summed E-state index contributed by atoms with van der Waals surface area (Å²) in [6.07, 6.45) is 6.51. The molecule has 0 spiro atoms. The zero-order valence-corrected chi connectivity index (χ0v) is 13.2. The molecule has 1 aliphatic heterocycles. The fraction of sp³-hybridized carbons (Fsp3) is 0.353. The molecule has 6 heteroatoms. The number of benzene rings is 1. The molecule has 0 unspecified atom stereocenters. The Morgan fingerprint density at radius 1 is 1.39 bits per heavy atom. The first-order valence-corrected chi connectivity index (χ1v) is 7.82. The molecule has 1 fully saturated rings. The van der Waals surface area contributed by atoms with Gasteiger partial charge in [-0.15, -0.1) is 0 Å². The number of allylic oxidation sites excluding steroid dienone is 1. The van der Waals surface area contributed by atoms with Crippen LogP contribution in [0, 0.1) is 0 Å². The van der Waals surface area contributed by atoms with Crippen molar-refractivity contribution in [3.8, 4) is 0 Å². The van der Waals surface area contributed by atoms with Crippen molar-refractivity contribution < 1.29 is 4.79 Å². The van der Waals surface area contributed by atoms with E-state index >= 15 is 0 Å².